The van der Waals surface area contributed by atoms with Gasteiger partial charge in [-0.25, -0.2) is 8.78 Å². The van der Waals surface area contributed by atoms with Gasteiger partial charge in [0.1, 0.15) is 6.42 Å². The molecule has 2 aromatic heterocycles. The lowest BCUT2D eigenvalue weighted by molar-refractivity contribution is -0.115. The van der Waals surface area contributed by atoms with Crippen molar-refractivity contribution in [2.75, 3.05) is 5.32 Å². The van der Waals surface area contributed by atoms with E-state index in [1.807, 2.05) is 16.8 Å². The molecule has 1 N–H and O–H groups in total. The highest BCUT2D eigenvalue weighted by molar-refractivity contribution is 7.08. The number of hydrogen-bond donors (Lipinski definition) is 1. The molecular weight excluding hydrogens is 312 g/mol. The average molecular weight is 321 g/mol. The van der Waals surface area contributed by atoms with E-state index in [4.69, 9.17) is 4.42 Å². The molecule has 0 aliphatic carbocycles. The maximum Gasteiger partial charge on any atom is 0.248 e. The van der Waals surface area contributed by atoms with Gasteiger partial charge in [-0.15, -0.1) is 10.2 Å². The summed E-state index contributed by atoms with van der Waals surface area (Å²) in [5.74, 6) is -2.00. The smallest absolute Gasteiger partial charge is 0.248 e. The molecule has 0 aliphatic heterocycles. The van der Waals surface area contributed by atoms with Gasteiger partial charge in [-0.05, 0) is 23.6 Å². The first-order valence-electron chi connectivity index (χ1n) is 6.21. The van der Waals surface area contributed by atoms with Gasteiger partial charge < -0.3 is 9.73 Å². The molecule has 1 aromatic carbocycles. The highest BCUT2D eigenvalue weighted by Crippen LogP contribution is 2.20. The fourth-order valence-corrected chi connectivity index (χ4v) is 2.37. The zero-order chi connectivity index (χ0) is 15.5. The molecule has 0 saturated heterocycles. The Labute approximate surface area is 127 Å². The molecule has 0 unspecified atom stereocenters. The number of amides is 1. The van der Waals surface area contributed by atoms with E-state index in [1.165, 1.54) is 17.4 Å². The van der Waals surface area contributed by atoms with Crippen LogP contribution in [0.15, 0.2) is 39.4 Å². The van der Waals surface area contributed by atoms with Gasteiger partial charge in [0.15, 0.2) is 11.6 Å². The number of carbonyl (C=O) groups is 1. The van der Waals surface area contributed by atoms with Crippen molar-refractivity contribution < 1.29 is 18.0 Å². The summed E-state index contributed by atoms with van der Waals surface area (Å²) in [6, 6.07) is 4.92. The Balaban J connectivity index is 1.65. The van der Waals surface area contributed by atoms with Crippen LogP contribution in [0.5, 0.6) is 0 Å². The number of rotatable bonds is 4. The topological polar surface area (TPSA) is 68.0 Å². The van der Waals surface area contributed by atoms with Crippen molar-refractivity contribution in [3.8, 4) is 11.5 Å². The van der Waals surface area contributed by atoms with Crippen LogP contribution in [-0.2, 0) is 11.2 Å². The first-order chi connectivity index (χ1) is 10.6. The monoisotopic (exact) mass is 321 g/mol. The van der Waals surface area contributed by atoms with E-state index >= 15 is 0 Å². The standard InChI is InChI=1S/C14H9F2N3O2S/c15-10-2-1-9(5-11(10)16)17-12(20)6-13-18-19-14(21-13)8-3-4-22-7-8/h1-5,7H,6H2,(H,17,20). The summed E-state index contributed by atoms with van der Waals surface area (Å²) in [5, 5.41) is 13.8. The van der Waals surface area contributed by atoms with Gasteiger partial charge in [-0.1, -0.05) is 0 Å². The summed E-state index contributed by atoms with van der Waals surface area (Å²) in [6.45, 7) is 0. The molecule has 1 amide bonds. The minimum Gasteiger partial charge on any atom is -0.420 e. The lowest BCUT2D eigenvalue weighted by Crippen LogP contribution is -2.14. The van der Waals surface area contributed by atoms with Crippen molar-refractivity contribution in [2.45, 2.75) is 6.42 Å². The van der Waals surface area contributed by atoms with E-state index in [0.29, 0.717) is 5.89 Å². The quantitative estimate of drug-likeness (QED) is 0.801. The second kappa shape index (κ2) is 6.02. The van der Waals surface area contributed by atoms with Crippen LogP contribution in [0.2, 0.25) is 0 Å². The molecule has 112 valence electrons. The lowest BCUT2D eigenvalue weighted by Gasteiger charge is -2.03. The molecule has 0 aliphatic rings. The second-order valence-corrected chi connectivity index (χ2v) is 5.15. The third kappa shape index (κ3) is 3.17. The van der Waals surface area contributed by atoms with Crippen LogP contribution >= 0.6 is 11.3 Å². The van der Waals surface area contributed by atoms with Crippen LogP contribution in [0.3, 0.4) is 0 Å². The van der Waals surface area contributed by atoms with E-state index in [9.17, 15) is 13.6 Å². The first-order valence-corrected chi connectivity index (χ1v) is 7.16. The molecule has 3 rings (SSSR count). The second-order valence-electron chi connectivity index (χ2n) is 4.37. The van der Waals surface area contributed by atoms with E-state index in [1.54, 1.807) is 0 Å². The van der Waals surface area contributed by atoms with Crippen LogP contribution in [0.4, 0.5) is 14.5 Å². The highest BCUT2D eigenvalue weighted by Gasteiger charge is 2.13. The lowest BCUT2D eigenvalue weighted by atomic mass is 10.3. The maximum absolute atomic E-state index is 13.1. The number of hydrogen-bond acceptors (Lipinski definition) is 5. The number of carbonyl (C=O) groups excluding carboxylic acids is 1. The van der Waals surface area contributed by atoms with Gasteiger partial charge in [0.25, 0.3) is 0 Å². The SMILES string of the molecule is O=C(Cc1nnc(-c2ccsc2)o1)Nc1ccc(F)c(F)c1. The predicted molar refractivity (Wildman–Crippen MR) is 76.3 cm³/mol. The predicted octanol–water partition coefficient (Wildman–Crippen LogP) is 3.26. The Morgan fingerprint density at radius 3 is 2.82 bits per heavy atom. The first kappa shape index (κ1) is 14.3. The van der Waals surface area contributed by atoms with Gasteiger partial charge in [0.2, 0.25) is 17.7 Å². The normalized spacial score (nSPS) is 10.6. The Hall–Kier alpha value is -2.61. The number of thiophene rings is 1. The minimum absolute atomic E-state index is 0.140. The number of nitrogens with one attached hydrogen (secondary N) is 1. The summed E-state index contributed by atoms with van der Waals surface area (Å²) in [4.78, 5) is 11.8. The minimum atomic E-state index is -1.03. The molecule has 5 nitrogen and oxygen atoms in total. The van der Waals surface area contributed by atoms with Crippen LogP contribution in [0, 0.1) is 11.6 Å². The Bertz CT molecular complexity index is 802. The summed E-state index contributed by atoms with van der Waals surface area (Å²) < 4.78 is 31.2. The summed E-state index contributed by atoms with van der Waals surface area (Å²) >= 11 is 1.49. The molecule has 0 fully saturated rings. The third-order valence-corrected chi connectivity index (χ3v) is 3.43. The Kier molecular flexibility index (Phi) is 3.92. The van der Waals surface area contributed by atoms with Crippen molar-refractivity contribution in [3.05, 3.63) is 52.6 Å². The van der Waals surface area contributed by atoms with Crippen LogP contribution in [0.25, 0.3) is 11.5 Å². The van der Waals surface area contributed by atoms with E-state index in [0.717, 1.165) is 17.7 Å². The van der Waals surface area contributed by atoms with Crippen LogP contribution in [0.1, 0.15) is 5.89 Å². The van der Waals surface area contributed by atoms with Crippen molar-refractivity contribution in [1.29, 1.82) is 0 Å². The van der Waals surface area contributed by atoms with Crippen LogP contribution < -0.4 is 5.32 Å². The van der Waals surface area contributed by atoms with E-state index < -0.39 is 17.5 Å². The Morgan fingerprint density at radius 2 is 2.09 bits per heavy atom. The summed E-state index contributed by atoms with van der Waals surface area (Å²) in [5.41, 5.74) is 0.936. The molecule has 0 atom stereocenters. The van der Waals surface area contributed by atoms with Crippen molar-refractivity contribution >= 4 is 22.9 Å². The number of anilines is 1. The third-order valence-electron chi connectivity index (χ3n) is 2.75. The molecule has 0 bridgehead atoms. The van der Waals surface area contributed by atoms with Crippen molar-refractivity contribution in [2.24, 2.45) is 0 Å². The van der Waals surface area contributed by atoms with Crippen LogP contribution in [-0.4, -0.2) is 16.1 Å². The largest absolute Gasteiger partial charge is 0.420 e. The number of benzene rings is 1. The molecule has 0 radical (unpaired) electrons. The van der Waals surface area contributed by atoms with Gasteiger partial charge in [-0.2, -0.15) is 11.3 Å². The molecule has 3 aromatic rings. The van der Waals surface area contributed by atoms with Crippen molar-refractivity contribution in [3.63, 3.8) is 0 Å². The summed E-state index contributed by atoms with van der Waals surface area (Å²) in [7, 11) is 0. The van der Waals surface area contributed by atoms with E-state index in [2.05, 4.69) is 15.5 Å². The summed E-state index contributed by atoms with van der Waals surface area (Å²) in [6.07, 6.45) is -0.157. The van der Waals surface area contributed by atoms with Gasteiger partial charge in [0.05, 0.1) is 0 Å². The average Bonchev–Trinajstić information content (AvgIpc) is 3.13. The molecular formula is C14H9F2N3O2S. The van der Waals surface area contributed by atoms with Gasteiger partial charge in [0, 0.05) is 22.7 Å². The number of halogens is 2. The molecule has 22 heavy (non-hydrogen) atoms. The van der Waals surface area contributed by atoms with Gasteiger partial charge in [-0.3, -0.25) is 4.79 Å². The zero-order valence-corrected chi connectivity index (χ0v) is 11.9. The number of aromatic nitrogens is 2. The fourth-order valence-electron chi connectivity index (χ4n) is 1.74. The number of nitrogens with zero attached hydrogens (tertiary/aromatic N) is 2. The molecule has 8 heteroatoms. The van der Waals surface area contributed by atoms with Crippen molar-refractivity contribution in [1.82, 2.24) is 10.2 Å². The highest BCUT2D eigenvalue weighted by atomic mass is 32.1. The molecule has 2 heterocycles. The molecule has 0 spiro atoms. The molecule has 0 saturated carbocycles. The van der Waals surface area contributed by atoms with E-state index in [-0.39, 0.29) is 18.0 Å². The zero-order valence-electron chi connectivity index (χ0n) is 11.0. The van der Waals surface area contributed by atoms with Gasteiger partial charge >= 0.3 is 0 Å². The maximum atomic E-state index is 13.1. The Morgan fingerprint density at radius 1 is 1.23 bits per heavy atom. The fraction of sp³-hybridized carbons (Fsp3) is 0.0714.